The van der Waals surface area contributed by atoms with E-state index in [1.165, 1.54) is 0 Å². The zero-order valence-electron chi connectivity index (χ0n) is 17.1. The summed E-state index contributed by atoms with van der Waals surface area (Å²) in [5.74, 6) is -1.22. The Bertz CT molecular complexity index is 878. The molecular formula is C24H28ClNO3. The number of carbonyl (C=O) groups excluding carboxylic acids is 2. The molecule has 5 heteroatoms. The summed E-state index contributed by atoms with van der Waals surface area (Å²) in [5.41, 5.74) is 2.97. The van der Waals surface area contributed by atoms with E-state index in [4.69, 9.17) is 16.3 Å². The van der Waals surface area contributed by atoms with Gasteiger partial charge in [0, 0.05) is 34.3 Å². The van der Waals surface area contributed by atoms with E-state index in [0.29, 0.717) is 22.7 Å². The Morgan fingerprint density at radius 2 is 1.83 bits per heavy atom. The van der Waals surface area contributed by atoms with Crippen molar-refractivity contribution in [2.75, 3.05) is 0 Å². The molecule has 1 fully saturated rings. The van der Waals surface area contributed by atoms with E-state index in [2.05, 4.69) is 25.7 Å². The molecule has 29 heavy (non-hydrogen) atoms. The number of ether oxygens (including phenoxy) is 1. The van der Waals surface area contributed by atoms with Crippen LogP contribution in [-0.4, -0.2) is 17.9 Å². The number of hydrogen-bond donors (Lipinski definition) is 1. The Morgan fingerprint density at radius 3 is 2.48 bits per heavy atom. The highest BCUT2D eigenvalue weighted by Crippen LogP contribution is 2.48. The lowest BCUT2D eigenvalue weighted by atomic mass is 9.66. The quantitative estimate of drug-likeness (QED) is 0.684. The number of halogens is 1. The minimum atomic E-state index is -0.624. The molecule has 0 radical (unpaired) electrons. The normalized spacial score (nSPS) is 26.9. The van der Waals surface area contributed by atoms with Gasteiger partial charge in [0.25, 0.3) is 0 Å². The molecule has 3 aliphatic rings. The van der Waals surface area contributed by atoms with Gasteiger partial charge in [-0.05, 0) is 55.2 Å². The number of carbonyl (C=O) groups is 2. The molecule has 1 N–H and O–H groups in total. The summed E-state index contributed by atoms with van der Waals surface area (Å²) in [5, 5.41) is 3.93. The second-order valence-electron chi connectivity index (χ2n) is 9.33. The minimum absolute atomic E-state index is 0.0301. The number of ketones is 1. The first-order valence-corrected chi connectivity index (χ1v) is 10.8. The molecule has 0 spiro atoms. The molecule has 0 aromatic heterocycles. The van der Waals surface area contributed by atoms with Crippen molar-refractivity contribution in [3.63, 3.8) is 0 Å². The van der Waals surface area contributed by atoms with Crippen molar-refractivity contribution in [3.05, 3.63) is 58.4 Å². The van der Waals surface area contributed by atoms with Crippen molar-refractivity contribution >= 4 is 23.4 Å². The molecule has 2 aliphatic carbocycles. The lowest BCUT2D eigenvalue weighted by Gasteiger charge is -2.42. The molecule has 1 saturated carbocycles. The minimum Gasteiger partial charge on any atom is -0.462 e. The average Bonchev–Trinajstić information content (AvgIpc) is 3.13. The topological polar surface area (TPSA) is 55.4 Å². The number of allylic oxidation sites excluding steroid dienone is 2. The molecule has 2 atom stereocenters. The smallest absolute Gasteiger partial charge is 0.316 e. The summed E-state index contributed by atoms with van der Waals surface area (Å²) in [6.45, 7) is 8.35. The third-order valence-corrected chi connectivity index (χ3v) is 6.57. The van der Waals surface area contributed by atoms with Crippen LogP contribution in [0.3, 0.4) is 0 Å². The predicted octanol–water partition coefficient (Wildman–Crippen LogP) is 5.29. The van der Waals surface area contributed by atoms with Gasteiger partial charge in [0.1, 0.15) is 12.0 Å². The number of Topliss-reactive ketones (excluding diaryl/α,β-unsaturated/α-hetero) is 1. The summed E-state index contributed by atoms with van der Waals surface area (Å²) in [7, 11) is 0. The number of benzene rings is 1. The number of nitrogens with one attached hydrogen (secondary N) is 1. The van der Waals surface area contributed by atoms with Crippen molar-refractivity contribution in [1.29, 1.82) is 0 Å². The van der Waals surface area contributed by atoms with E-state index in [1.54, 1.807) is 12.1 Å². The first-order chi connectivity index (χ1) is 13.7. The van der Waals surface area contributed by atoms with Crippen LogP contribution in [-0.2, 0) is 14.3 Å². The Morgan fingerprint density at radius 1 is 1.17 bits per heavy atom. The van der Waals surface area contributed by atoms with Crippen LogP contribution in [0.1, 0.15) is 63.9 Å². The van der Waals surface area contributed by atoms with Crippen LogP contribution in [0.15, 0.2) is 47.8 Å². The molecule has 1 aromatic carbocycles. The van der Waals surface area contributed by atoms with Crippen LogP contribution in [0, 0.1) is 11.3 Å². The number of esters is 1. The number of hydrogen-bond acceptors (Lipinski definition) is 4. The second kappa shape index (κ2) is 7.64. The van der Waals surface area contributed by atoms with Crippen molar-refractivity contribution < 1.29 is 14.3 Å². The van der Waals surface area contributed by atoms with Crippen LogP contribution in [0.2, 0.25) is 5.02 Å². The van der Waals surface area contributed by atoms with Crippen LogP contribution in [0.5, 0.6) is 0 Å². The molecule has 4 nitrogen and oxygen atoms in total. The average molecular weight is 414 g/mol. The van der Waals surface area contributed by atoms with E-state index in [9.17, 15) is 9.59 Å². The van der Waals surface area contributed by atoms with Gasteiger partial charge in [0.15, 0.2) is 5.78 Å². The molecule has 1 heterocycles. The van der Waals surface area contributed by atoms with Crippen LogP contribution >= 0.6 is 11.6 Å². The first-order valence-electron chi connectivity index (χ1n) is 10.4. The Hall–Kier alpha value is -2.07. The highest BCUT2D eigenvalue weighted by molar-refractivity contribution is 6.30. The van der Waals surface area contributed by atoms with E-state index in [0.717, 1.165) is 43.4 Å². The fraction of sp³-hybridized carbons (Fsp3) is 0.500. The van der Waals surface area contributed by atoms with Gasteiger partial charge in [-0.2, -0.15) is 0 Å². The van der Waals surface area contributed by atoms with Gasteiger partial charge < -0.3 is 10.1 Å². The van der Waals surface area contributed by atoms with Crippen molar-refractivity contribution in [1.82, 2.24) is 5.32 Å². The van der Waals surface area contributed by atoms with E-state index in [1.807, 2.05) is 12.1 Å². The van der Waals surface area contributed by atoms with Crippen molar-refractivity contribution in [2.24, 2.45) is 11.3 Å². The van der Waals surface area contributed by atoms with Gasteiger partial charge in [0.05, 0.1) is 0 Å². The van der Waals surface area contributed by atoms with Gasteiger partial charge in [-0.3, -0.25) is 9.59 Å². The molecule has 1 aromatic rings. The third-order valence-electron chi connectivity index (χ3n) is 6.32. The predicted molar refractivity (Wildman–Crippen MR) is 113 cm³/mol. The zero-order valence-corrected chi connectivity index (χ0v) is 17.8. The Labute approximate surface area is 177 Å². The first kappa shape index (κ1) is 20.2. The summed E-state index contributed by atoms with van der Waals surface area (Å²) >= 11 is 6.09. The monoisotopic (exact) mass is 413 g/mol. The van der Waals surface area contributed by atoms with Gasteiger partial charge in [-0.1, -0.05) is 44.2 Å². The maximum Gasteiger partial charge on any atom is 0.316 e. The van der Waals surface area contributed by atoms with E-state index >= 15 is 0 Å². The highest BCUT2D eigenvalue weighted by atomic mass is 35.5. The van der Waals surface area contributed by atoms with E-state index < -0.39 is 11.8 Å². The maximum absolute atomic E-state index is 13.2. The standard InChI is InChI=1S/C24H28ClNO3/c1-14-20(23(28)29-17-6-4-5-7-17)21(15-8-10-16(25)11-9-15)22-18(26-14)12-24(2,3)13-19(22)27/h8-11,17,20-21,26H,1,4-7,12-13H2,2-3H3. The maximum atomic E-state index is 13.2. The van der Waals surface area contributed by atoms with E-state index in [-0.39, 0.29) is 23.3 Å². The van der Waals surface area contributed by atoms with Crippen molar-refractivity contribution in [2.45, 2.75) is 64.4 Å². The van der Waals surface area contributed by atoms with Crippen molar-refractivity contribution in [3.8, 4) is 0 Å². The molecular weight excluding hydrogens is 386 g/mol. The van der Waals surface area contributed by atoms with Gasteiger partial charge >= 0.3 is 5.97 Å². The Kier molecular flexibility index (Phi) is 5.32. The van der Waals surface area contributed by atoms with Gasteiger partial charge in [-0.15, -0.1) is 0 Å². The summed E-state index contributed by atoms with van der Waals surface area (Å²) in [4.78, 5) is 26.4. The fourth-order valence-electron chi connectivity index (χ4n) is 5.00. The second-order valence-corrected chi connectivity index (χ2v) is 9.77. The molecule has 154 valence electrons. The molecule has 0 bridgehead atoms. The molecule has 0 amide bonds. The lowest BCUT2D eigenvalue weighted by molar-refractivity contribution is -0.153. The SMILES string of the molecule is C=C1NC2=C(C(=O)CC(C)(C)C2)C(c2ccc(Cl)cc2)C1C(=O)OC1CCCC1. The molecule has 1 aliphatic heterocycles. The van der Waals surface area contributed by atoms with Crippen LogP contribution in [0.4, 0.5) is 0 Å². The van der Waals surface area contributed by atoms with Crippen LogP contribution in [0.25, 0.3) is 0 Å². The Balaban J connectivity index is 1.76. The third kappa shape index (κ3) is 4.00. The summed E-state index contributed by atoms with van der Waals surface area (Å²) in [6.07, 6.45) is 5.18. The van der Waals surface area contributed by atoms with Gasteiger partial charge in [0.2, 0.25) is 0 Å². The summed E-state index contributed by atoms with van der Waals surface area (Å²) in [6, 6.07) is 7.41. The fourth-order valence-corrected chi connectivity index (χ4v) is 5.12. The lowest BCUT2D eigenvalue weighted by Crippen LogP contribution is -2.44. The summed E-state index contributed by atoms with van der Waals surface area (Å²) < 4.78 is 5.85. The zero-order chi connectivity index (χ0) is 20.8. The van der Waals surface area contributed by atoms with Gasteiger partial charge in [-0.25, -0.2) is 0 Å². The largest absolute Gasteiger partial charge is 0.462 e. The molecule has 4 rings (SSSR count). The van der Waals surface area contributed by atoms with Crippen LogP contribution < -0.4 is 5.32 Å². The highest BCUT2D eigenvalue weighted by Gasteiger charge is 2.47. The number of rotatable bonds is 3. The molecule has 2 unspecified atom stereocenters. The molecule has 0 saturated heterocycles.